The van der Waals surface area contributed by atoms with Crippen LogP contribution in [0, 0.1) is 0 Å². The Morgan fingerprint density at radius 1 is 0.821 bits per heavy atom. The Balaban J connectivity index is 1.38. The molecule has 0 aromatic heterocycles. The highest BCUT2D eigenvalue weighted by Gasteiger charge is 2.09. The number of ether oxygens (including phenoxy) is 1. The van der Waals surface area contributed by atoms with Crippen LogP contribution < -0.4 is 10.1 Å². The Labute approximate surface area is 168 Å². The van der Waals surface area contributed by atoms with E-state index in [9.17, 15) is 5.11 Å². The first-order chi connectivity index (χ1) is 13.7. The molecule has 28 heavy (non-hydrogen) atoms. The van der Waals surface area contributed by atoms with Gasteiger partial charge in [0.25, 0.3) is 0 Å². The third-order valence-corrected chi connectivity index (χ3v) is 4.88. The number of rotatable bonds is 10. The highest BCUT2D eigenvalue weighted by Crippen LogP contribution is 2.16. The summed E-state index contributed by atoms with van der Waals surface area (Å²) in [4.78, 5) is 0. The molecule has 0 saturated carbocycles. The number of nitrogens with one attached hydrogen (secondary N) is 1. The van der Waals surface area contributed by atoms with Crippen molar-refractivity contribution in [1.82, 2.24) is 5.32 Å². The molecule has 3 nitrogen and oxygen atoms in total. The van der Waals surface area contributed by atoms with Gasteiger partial charge in [0.15, 0.2) is 0 Å². The molecule has 2 N–H and O–H groups in total. The van der Waals surface area contributed by atoms with Gasteiger partial charge in [0.1, 0.15) is 12.4 Å². The maximum Gasteiger partial charge on any atom is 0.119 e. The second-order valence-electron chi connectivity index (χ2n) is 7.19. The van der Waals surface area contributed by atoms with Crippen molar-refractivity contribution >= 4 is 0 Å². The number of aliphatic hydroxyl groups excluding tert-OH is 1. The van der Waals surface area contributed by atoms with Crippen LogP contribution in [0.2, 0.25) is 0 Å². The Morgan fingerprint density at radius 3 is 2.14 bits per heavy atom. The van der Waals surface area contributed by atoms with Gasteiger partial charge in [-0.3, -0.25) is 0 Å². The lowest BCUT2D eigenvalue weighted by atomic mass is 10.1. The van der Waals surface area contributed by atoms with Gasteiger partial charge < -0.3 is 15.2 Å². The summed E-state index contributed by atoms with van der Waals surface area (Å²) in [5, 5.41) is 13.7. The molecule has 0 amide bonds. The van der Waals surface area contributed by atoms with Gasteiger partial charge >= 0.3 is 0 Å². The van der Waals surface area contributed by atoms with Crippen LogP contribution in [0.4, 0.5) is 0 Å². The molecule has 0 saturated heterocycles. The van der Waals surface area contributed by atoms with E-state index >= 15 is 0 Å². The molecular weight excluding hydrogens is 346 g/mol. The molecule has 0 heterocycles. The van der Waals surface area contributed by atoms with Gasteiger partial charge in [-0.05, 0) is 48.6 Å². The van der Waals surface area contributed by atoms with Crippen LogP contribution in [0.5, 0.6) is 5.75 Å². The third-order valence-electron chi connectivity index (χ3n) is 4.88. The lowest BCUT2D eigenvalue weighted by molar-refractivity contribution is 0.170. The molecule has 3 aromatic carbocycles. The topological polar surface area (TPSA) is 41.5 Å². The Hall–Kier alpha value is -2.62. The summed E-state index contributed by atoms with van der Waals surface area (Å²) in [5.74, 6) is 0.893. The standard InChI is InChI=1S/C25H29NO2/c1-20(26-18-25(27)23-10-6-3-7-11-23)12-13-21-14-16-24(17-15-21)28-19-22-8-4-2-5-9-22/h2-11,14-17,20,25-27H,12-13,18-19H2,1H3/t20-,25-/m0/s1. The normalized spacial score (nSPS) is 13.1. The smallest absolute Gasteiger partial charge is 0.119 e. The second kappa shape index (κ2) is 10.6. The predicted octanol–water partition coefficient (Wildman–Crippen LogP) is 4.91. The van der Waals surface area contributed by atoms with Crippen LogP contribution in [-0.2, 0) is 13.0 Å². The molecule has 2 atom stereocenters. The lowest BCUT2D eigenvalue weighted by Gasteiger charge is -2.17. The first kappa shape index (κ1) is 20.1. The summed E-state index contributed by atoms with van der Waals surface area (Å²) in [7, 11) is 0. The SMILES string of the molecule is C[C@@H](CCc1ccc(OCc2ccccc2)cc1)NC[C@H](O)c1ccccc1. The molecule has 0 bridgehead atoms. The first-order valence-corrected chi connectivity index (χ1v) is 9.93. The van der Waals surface area contributed by atoms with Gasteiger partial charge in [-0.15, -0.1) is 0 Å². The fourth-order valence-corrected chi connectivity index (χ4v) is 3.08. The highest BCUT2D eigenvalue weighted by atomic mass is 16.5. The largest absolute Gasteiger partial charge is 0.489 e. The van der Waals surface area contributed by atoms with Gasteiger partial charge in [0, 0.05) is 12.6 Å². The quantitative estimate of drug-likeness (QED) is 0.529. The van der Waals surface area contributed by atoms with E-state index in [-0.39, 0.29) is 0 Å². The van der Waals surface area contributed by atoms with Crippen molar-refractivity contribution < 1.29 is 9.84 Å². The van der Waals surface area contributed by atoms with E-state index in [4.69, 9.17) is 4.74 Å². The van der Waals surface area contributed by atoms with Crippen molar-refractivity contribution in [2.24, 2.45) is 0 Å². The van der Waals surface area contributed by atoms with Crippen molar-refractivity contribution in [3.63, 3.8) is 0 Å². The predicted molar refractivity (Wildman–Crippen MR) is 114 cm³/mol. The van der Waals surface area contributed by atoms with Gasteiger partial charge in [-0.2, -0.15) is 0 Å². The van der Waals surface area contributed by atoms with E-state index < -0.39 is 6.10 Å². The molecule has 0 spiro atoms. The van der Waals surface area contributed by atoms with Crippen LogP contribution in [-0.4, -0.2) is 17.7 Å². The fraction of sp³-hybridized carbons (Fsp3) is 0.280. The summed E-state index contributed by atoms with van der Waals surface area (Å²) < 4.78 is 5.84. The summed E-state index contributed by atoms with van der Waals surface area (Å²) in [5.41, 5.74) is 3.42. The van der Waals surface area contributed by atoms with E-state index in [0.29, 0.717) is 19.2 Å². The molecule has 0 unspecified atom stereocenters. The molecule has 0 aliphatic rings. The Kier molecular flexibility index (Phi) is 7.65. The van der Waals surface area contributed by atoms with Crippen molar-refractivity contribution in [3.8, 4) is 5.75 Å². The Morgan fingerprint density at radius 2 is 1.46 bits per heavy atom. The van der Waals surface area contributed by atoms with Crippen molar-refractivity contribution in [1.29, 1.82) is 0 Å². The van der Waals surface area contributed by atoms with Crippen LogP contribution >= 0.6 is 0 Å². The number of hydrogen-bond acceptors (Lipinski definition) is 3. The van der Waals surface area contributed by atoms with Crippen LogP contribution in [0.1, 0.15) is 36.1 Å². The molecule has 0 radical (unpaired) electrons. The summed E-state index contributed by atoms with van der Waals surface area (Å²) in [6, 6.07) is 28.7. The van der Waals surface area contributed by atoms with E-state index in [2.05, 4.69) is 36.5 Å². The first-order valence-electron chi connectivity index (χ1n) is 9.93. The van der Waals surface area contributed by atoms with E-state index in [1.165, 1.54) is 11.1 Å². The fourth-order valence-electron chi connectivity index (χ4n) is 3.08. The van der Waals surface area contributed by atoms with E-state index in [1.807, 2.05) is 60.7 Å². The number of benzene rings is 3. The van der Waals surface area contributed by atoms with Crippen LogP contribution in [0.15, 0.2) is 84.9 Å². The zero-order chi connectivity index (χ0) is 19.6. The van der Waals surface area contributed by atoms with Gasteiger partial charge in [0.2, 0.25) is 0 Å². The maximum atomic E-state index is 10.2. The summed E-state index contributed by atoms with van der Waals surface area (Å²) >= 11 is 0. The van der Waals surface area contributed by atoms with E-state index in [0.717, 1.165) is 24.2 Å². The number of hydrogen-bond donors (Lipinski definition) is 2. The highest BCUT2D eigenvalue weighted by molar-refractivity contribution is 5.28. The molecule has 0 aliphatic carbocycles. The van der Waals surface area contributed by atoms with Crippen molar-refractivity contribution in [3.05, 3.63) is 102 Å². The average molecular weight is 376 g/mol. The molecule has 3 heteroatoms. The maximum absolute atomic E-state index is 10.2. The molecular formula is C25H29NO2. The molecule has 0 aliphatic heterocycles. The summed E-state index contributed by atoms with van der Waals surface area (Å²) in [6.07, 6.45) is 1.55. The summed E-state index contributed by atoms with van der Waals surface area (Å²) in [6.45, 7) is 3.32. The zero-order valence-electron chi connectivity index (χ0n) is 16.4. The molecule has 0 fully saturated rings. The van der Waals surface area contributed by atoms with Crippen molar-refractivity contribution in [2.75, 3.05) is 6.54 Å². The van der Waals surface area contributed by atoms with Gasteiger partial charge in [-0.25, -0.2) is 0 Å². The second-order valence-corrected chi connectivity index (χ2v) is 7.19. The molecule has 146 valence electrons. The van der Waals surface area contributed by atoms with Gasteiger partial charge in [-0.1, -0.05) is 72.8 Å². The Bertz CT molecular complexity index is 803. The minimum absolute atomic E-state index is 0.340. The zero-order valence-corrected chi connectivity index (χ0v) is 16.4. The monoisotopic (exact) mass is 375 g/mol. The van der Waals surface area contributed by atoms with Gasteiger partial charge in [0.05, 0.1) is 6.10 Å². The lowest BCUT2D eigenvalue weighted by Crippen LogP contribution is -2.30. The molecule has 3 rings (SSSR count). The van der Waals surface area contributed by atoms with E-state index in [1.54, 1.807) is 0 Å². The number of aryl methyl sites for hydroxylation is 1. The third kappa shape index (κ3) is 6.52. The van der Waals surface area contributed by atoms with Crippen LogP contribution in [0.3, 0.4) is 0 Å². The minimum Gasteiger partial charge on any atom is -0.489 e. The minimum atomic E-state index is -0.468. The van der Waals surface area contributed by atoms with Crippen molar-refractivity contribution in [2.45, 2.75) is 38.5 Å². The van der Waals surface area contributed by atoms with Crippen LogP contribution in [0.25, 0.3) is 0 Å². The molecule has 3 aromatic rings. The number of aliphatic hydroxyl groups is 1. The average Bonchev–Trinajstić information content (AvgIpc) is 2.76.